The van der Waals surface area contributed by atoms with Crippen molar-refractivity contribution in [3.8, 4) is 0 Å². The van der Waals surface area contributed by atoms with Gasteiger partial charge in [0.15, 0.2) is 0 Å². The highest BCUT2D eigenvalue weighted by molar-refractivity contribution is 5.23. The molecule has 0 radical (unpaired) electrons. The van der Waals surface area contributed by atoms with Crippen LogP contribution in [0, 0.1) is 0 Å². The molecule has 1 heteroatoms. The summed E-state index contributed by atoms with van der Waals surface area (Å²) in [5, 5.41) is 10.6. The zero-order chi connectivity index (χ0) is 13.4. The van der Waals surface area contributed by atoms with Crippen LogP contribution < -0.4 is 0 Å². The number of hydrogen-bond acceptors (Lipinski definition) is 1. The molecule has 0 bridgehead atoms. The lowest BCUT2D eigenvalue weighted by molar-refractivity contribution is 0.0132. The smallest absolute Gasteiger partial charge is 0.0650 e. The fourth-order valence-corrected chi connectivity index (χ4v) is 2.69. The summed E-state index contributed by atoms with van der Waals surface area (Å²) in [6.45, 7) is 6.49. The van der Waals surface area contributed by atoms with E-state index in [-0.39, 0.29) is 0 Å². The molecule has 1 N–H and O–H groups in total. The average molecular weight is 248 g/mol. The third-order valence-electron chi connectivity index (χ3n) is 3.71. The molecule has 0 saturated carbocycles. The number of aryl methyl sites for hydroxylation is 2. The van der Waals surface area contributed by atoms with Crippen molar-refractivity contribution in [1.82, 2.24) is 0 Å². The minimum absolute atomic E-state index is 0.453. The van der Waals surface area contributed by atoms with E-state index in [1.807, 2.05) is 0 Å². The molecule has 0 aromatic heterocycles. The van der Waals surface area contributed by atoms with Crippen LogP contribution in [0.4, 0.5) is 0 Å². The molecule has 102 valence electrons. The number of aliphatic hydroxyl groups is 1. The summed E-state index contributed by atoms with van der Waals surface area (Å²) in [7, 11) is 0. The molecule has 0 aliphatic rings. The van der Waals surface area contributed by atoms with Gasteiger partial charge in [-0.15, -0.1) is 0 Å². The van der Waals surface area contributed by atoms with E-state index in [1.165, 1.54) is 11.1 Å². The van der Waals surface area contributed by atoms with Gasteiger partial charge in [-0.1, -0.05) is 57.9 Å². The van der Waals surface area contributed by atoms with Gasteiger partial charge in [-0.2, -0.15) is 0 Å². The van der Waals surface area contributed by atoms with Gasteiger partial charge in [-0.3, -0.25) is 0 Å². The van der Waals surface area contributed by atoms with E-state index in [1.54, 1.807) is 0 Å². The van der Waals surface area contributed by atoms with Crippen LogP contribution in [0.15, 0.2) is 24.3 Å². The van der Waals surface area contributed by atoms with E-state index in [2.05, 4.69) is 45.0 Å². The van der Waals surface area contributed by atoms with Gasteiger partial charge in [0.2, 0.25) is 0 Å². The standard InChI is InChI=1S/C17H28O/c1-4-11-17(18,12-5-2)13-10-16-9-7-8-15(6-3)14-16/h7-9,14,18H,4-6,10-13H2,1-3H3. The first-order chi connectivity index (χ1) is 8.63. The number of hydrogen-bond donors (Lipinski definition) is 1. The van der Waals surface area contributed by atoms with Crippen molar-refractivity contribution < 1.29 is 5.11 Å². The summed E-state index contributed by atoms with van der Waals surface area (Å²) in [5.41, 5.74) is 2.30. The predicted molar refractivity (Wildman–Crippen MR) is 78.9 cm³/mol. The van der Waals surface area contributed by atoms with Crippen molar-refractivity contribution >= 4 is 0 Å². The maximum absolute atomic E-state index is 10.6. The normalized spacial score (nSPS) is 11.8. The fourth-order valence-electron chi connectivity index (χ4n) is 2.69. The van der Waals surface area contributed by atoms with E-state index >= 15 is 0 Å². The Kier molecular flexibility index (Phi) is 6.42. The Bertz CT molecular complexity index is 337. The lowest BCUT2D eigenvalue weighted by Gasteiger charge is -2.27. The van der Waals surface area contributed by atoms with Crippen molar-refractivity contribution in [3.05, 3.63) is 35.4 Å². The van der Waals surface area contributed by atoms with Gasteiger partial charge in [0.1, 0.15) is 0 Å². The van der Waals surface area contributed by atoms with Crippen molar-refractivity contribution in [2.75, 3.05) is 0 Å². The number of benzene rings is 1. The van der Waals surface area contributed by atoms with Crippen molar-refractivity contribution in [2.24, 2.45) is 0 Å². The molecule has 0 aliphatic heterocycles. The number of rotatable bonds is 8. The van der Waals surface area contributed by atoms with Gasteiger partial charge in [0, 0.05) is 0 Å². The molecule has 0 unspecified atom stereocenters. The van der Waals surface area contributed by atoms with Gasteiger partial charge < -0.3 is 5.11 Å². The Balaban J connectivity index is 2.60. The molecule has 0 spiro atoms. The third kappa shape index (κ3) is 4.81. The zero-order valence-corrected chi connectivity index (χ0v) is 12.2. The quantitative estimate of drug-likeness (QED) is 0.717. The Morgan fingerprint density at radius 1 is 0.944 bits per heavy atom. The Morgan fingerprint density at radius 3 is 2.11 bits per heavy atom. The van der Waals surface area contributed by atoms with Crippen LogP contribution in [-0.4, -0.2) is 10.7 Å². The highest BCUT2D eigenvalue weighted by Gasteiger charge is 2.24. The molecule has 0 aliphatic carbocycles. The SMILES string of the molecule is CCCC(O)(CCC)CCc1cccc(CC)c1. The molecule has 1 nitrogen and oxygen atoms in total. The first kappa shape index (κ1) is 15.2. The zero-order valence-electron chi connectivity index (χ0n) is 12.2. The molecular weight excluding hydrogens is 220 g/mol. The third-order valence-corrected chi connectivity index (χ3v) is 3.71. The van der Waals surface area contributed by atoms with Gasteiger partial charge >= 0.3 is 0 Å². The van der Waals surface area contributed by atoms with E-state index in [0.717, 1.165) is 44.9 Å². The van der Waals surface area contributed by atoms with Crippen LogP contribution in [0.3, 0.4) is 0 Å². The second kappa shape index (κ2) is 7.58. The lowest BCUT2D eigenvalue weighted by atomic mass is 9.86. The fraction of sp³-hybridized carbons (Fsp3) is 0.647. The summed E-state index contributed by atoms with van der Waals surface area (Å²) in [5.74, 6) is 0. The molecule has 18 heavy (non-hydrogen) atoms. The summed E-state index contributed by atoms with van der Waals surface area (Å²) in [6, 6.07) is 8.76. The van der Waals surface area contributed by atoms with Crippen LogP contribution in [0.5, 0.6) is 0 Å². The summed E-state index contributed by atoms with van der Waals surface area (Å²) >= 11 is 0. The van der Waals surface area contributed by atoms with Crippen molar-refractivity contribution in [1.29, 1.82) is 0 Å². The van der Waals surface area contributed by atoms with Crippen LogP contribution >= 0.6 is 0 Å². The average Bonchev–Trinajstić information content (AvgIpc) is 2.37. The Labute approximate surface area is 112 Å². The monoisotopic (exact) mass is 248 g/mol. The molecular formula is C17H28O. The van der Waals surface area contributed by atoms with Gasteiger partial charge in [-0.25, -0.2) is 0 Å². The van der Waals surface area contributed by atoms with Gasteiger partial charge in [0.25, 0.3) is 0 Å². The van der Waals surface area contributed by atoms with Crippen LogP contribution in [0.1, 0.15) is 64.0 Å². The highest BCUT2D eigenvalue weighted by atomic mass is 16.3. The molecule has 0 atom stereocenters. The largest absolute Gasteiger partial charge is 0.390 e. The van der Waals surface area contributed by atoms with E-state index in [4.69, 9.17) is 0 Å². The van der Waals surface area contributed by atoms with E-state index in [0.29, 0.717) is 0 Å². The van der Waals surface area contributed by atoms with Gasteiger partial charge in [-0.05, 0) is 43.2 Å². The second-order valence-corrected chi connectivity index (χ2v) is 5.40. The maximum Gasteiger partial charge on any atom is 0.0650 e. The van der Waals surface area contributed by atoms with E-state index in [9.17, 15) is 5.11 Å². The minimum atomic E-state index is -0.453. The topological polar surface area (TPSA) is 20.2 Å². The molecule has 1 aromatic carbocycles. The Hall–Kier alpha value is -0.820. The Morgan fingerprint density at radius 2 is 1.56 bits per heavy atom. The van der Waals surface area contributed by atoms with Crippen LogP contribution in [-0.2, 0) is 12.8 Å². The van der Waals surface area contributed by atoms with E-state index < -0.39 is 5.60 Å². The summed E-state index contributed by atoms with van der Waals surface area (Å²) < 4.78 is 0. The molecule has 0 fully saturated rings. The maximum atomic E-state index is 10.6. The van der Waals surface area contributed by atoms with Gasteiger partial charge in [0.05, 0.1) is 5.60 Å². The summed E-state index contributed by atoms with van der Waals surface area (Å²) in [4.78, 5) is 0. The molecule has 1 rings (SSSR count). The molecule has 1 aromatic rings. The second-order valence-electron chi connectivity index (χ2n) is 5.40. The minimum Gasteiger partial charge on any atom is -0.390 e. The van der Waals surface area contributed by atoms with Crippen molar-refractivity contribution in [3.63, 3.8) is 0 Å². The summed E-state index contributed by atoms with van der Waals surface area (Å²) in [6.07, 6.45) is 6.94. The lowest BCUT2D eigenvalue weighted by Crippen LogP contribution is -2.28. The van der Waals surface area contributed by atoms with Crippen molar-refractivity contribution in [2.45, 2.75) is 71.3 Å². The van der Waals surface area contributed by atoms with Crippen LogP contribution in [0.2, 0.25) is 0 Å². The predicted octanol–water partition coefficient (Wildman–Crippen LogP) is 4.51. The first-order valence-corrected chi connectivity index (χ1v) is 7.43. The molecule has 0 saturated heterocycles. The van der Waals surface area contributed by atoms with Crippen LogP contribution in [0.25, 0.3) is 0 Å². The molecule has 0 heterocycles. The molecule has 0 amide bonds. The highest BCUT2D eigenvalue weighted by Crippen LogP contribution is 2.25. The first-order valence-electron chi connectivity index (χ1n) is 7.43.